The molecule has 1 atom stereocenters. The summed E-state index contributed by atoms with van der Waals surface area (Å²) in [6, 6.07) is 5.11. The number of sulfonamides is 1. The van der Waals surface area contributed by atoms with E-state index in [4.69, 9.17) is 0 Å². The van der Waals surface area contributed by atoms with Crippen LogP contribution in [0.2, 0.25) is 0 Å². The molecule has 0 spiro atoms. The zero-order chi connectivity index (χ0) is 16.0. The minimum absolute atomic E-state index is 0.256. The van der Waals surface area contributed by atoms with E-state index in [0.29, 0.717) is 12.3 Å². The van der Waals surface area contributed by atoms with E-state index in [2.05, 4.69) is 18.6 Å². The highest BCUT2D eigenvalue weighted by molar-refractivity contribution is 7.89. The van der Waals surface area contributed by atoms with E-state index in [0.717, 1.165) is 12.8 Å². The topological polar surface area (TPSA) is 89.3 Å². The van der Waals surface area contributed by atoms with Crippen LogP contribution in [0.25, 0.3) is 0 Å². The number of hydrogen-bond acceptors (Lipinski definition) is 4. The lowest BCUT2D eigenvalue weighted by atomic mass is 10.0. The Labute approximate surface area is 125 Å². The smallest absolute Gasteiger partial charge is 0.258 e. The van der Waals surface area contributed by atoms with Crippen LogP contribution in [0.5, 0.6) is 0 Å². The van der Waals surface area contributed by atoms with Gasteiger partial charge in [-0.1, -0.05) is 38.8 Å². The molecule has 7 heteroatoms. The molecule has 6 nitrogen and oxygen atoms in total. The van der Waals surface area contributed by atoms with Crippen molar-refractivity contribution in [2.24, 2.45) is 5.92 Å². The van der Waals surface area contributed by atoms with Crippen molar-refractivity contribution in [3.63, 3.8) is 0 Å². The number of nitrogens with zero attached hydrogens (tertiary/aromatic N) is 1. The first-order chi connectivity index (χ1) is 9.74. The molecular formula is C14H22N2O4S. The third kappa shape index (κ3) is 5.43. The van der Waals surface area contributed by atoms with Crippen molar-refractivity contribution in [2.75, 3.05) is 0 Å². The van der Waals surface area contributed by atoms with Gasteiger partial charge in [-0.2, -0.15) is 0 Å². The summed E-state index contributed by atoms with van der Waals surface area (Å²) < 4.78 is 27.0. The highest BCUT2D eigenvalue weighted by Crippen LogP contribution is 2.23. The Morgan fingerprint density at radius 3 is 2.38 bits per heavy atom. The molecule has 1 N–H and O–H groups in total. The fraction of sp³-hybridized carbons (Fsp3) is 0.571. The van der Waals surface area contributed by atoms with Crippen LogP contribution in [0.15, 0.2) is 29.2 Å². The molecule has 0 radical (unpaired) electrons. The van der Waals surface area contributed by atoms with E-state index in [-0.39, 0.29) is 10.9 Å². The summed E-state index contributed by atoms with van der Waals surface area (Å²) >= 11 is 0. The van der Waals surface area contributed by atoms with Crippen molar-refractivity contribution in [2.45, 2.75) is 51.0 Å². The highest BCUT2D eigenvalue weighted by Gasteiger charge is 2.26. The van der Waals surface area contributed by atoms with Crippen molar-refractivity contribution in [3.8, 4) is 0 Å². The number of nitro benzene ring substituents is 1. The minimum atomic E-state index is -3.88. The van der Waals surface area contributed by atoms with E-state index in [1.807, 2.05) is 0 Å². The van der Waals surface area contributed by atoms with Crippen LogP contribution in [0.1, 0.15) is 40.0 Å². The van der Waals surface area contributed by atoms with Crippen molar-refractivity contribution in [3.05, 3.63) is 34.4 Å². The zero-order valence-corrected chi connectivity index (χ0v) is 13.4. The van der Waals surface area contributed by atoms with E-state index in [1.54, 1.807) is 6.92 Å². The van der Waals surface area contributed by atoms with E-state index < -0.39 is 20.6 Å². The lowest BCUT2D eigenvalue weighted by Gasteiger charge is -2.14. The van der Waals surface area contributed by atoms with Gasteiger partial charge in [-0.15, -0.1) is 0 Å². The van der Waals surface area contributed by atoms with Gasteiger partial charge in [0.1, 0.15) is 0 Å². The molecule has 118 valence electrons. The van der Waals surface area contributed by atoms with Gasteiger partial charge in [0.05, 0.1) is 4.92 Å². The molecule has 0 aliphatic carbocycles. The number of nitro groups is 1. The summed E-state index contributed by atoms with van der Waals surface area (Å²) in [5.41, 5.74) is -0.403. The van der Waals surface area contributed by atoms with E-state index in [1.165, 1.54) is 24.3 Å². The first kappa shape index (κ1) is 17.6. The fourth-order valence-corrected chi connectivity index (χ4v) is 3.50. The molecule has 0 fully saturated rings. The number of rotatable bonds is 8. The van der Waals surface area contributed by atoms with Crippen LogP contribution in [-0.4, -0.2) is 19.4 Å². The molecule has 0 amide bonds. The van der Waals surface area contributed by atoms with Gasteiger partial charge in [-0.3, -0.25) is 10.1 Å². The van der Waals surface area contributed by atoms with Crippen LogP contribution >= 0.6 is 0 Å². The van der Waals surface area contributed by atoms with Gasteiger partial charge in [0, 0.05) is 12.1 Å². The van der Waals surface area contributed by atoms with E-state index in [9.17, 15) is 18.5 Å². The lowest BCUT2D eigenvalue weighted by Crippen LogP contribution is -2.33. The Balaban J connectivity index is 2.80. The molecule has 0 aromatic heterocycles. The third-order valence-electron chi connectivity index (χ3n) is 3.13. The Morgan fingerprint density at radius 1 is 1.19 bits per heavy atom. The normalized spacial score (nSPS) is 13.3. The van der Waals surface area contributed by atoms with Gasteiger partial charge in [-0.25, -0.2) is 13.1 Å². The van der Waals surface area contributed by atoms with Gasteiger partial charge >= 0.3 is 0 Å². The zero-order valence-electron chi connectivity index (χ0n) is 12.6. The predicted octanol–water partition coefficient (Wildman–Crippen LogP) is 3.09. The number of benzene rings is 1. The average molecular weight is 314 g/mol. The second-order valence-electron chi connectivity index (χ2n) is 5.57. The van der Waals surface area contributed by atoms with Gasteiger partial charge in [0.2, 0.25) is 10.0 Å². The van der Waals surface area contributed by atoms with Gasteiger partial charge < -0.3 is 0 Å². The molecule has 0 aliphatic rings. The predicted molar refractivity (Wildman–Crippen MR) is 81.6 cm³/mol. The second-order valence-corrected chi connectivity index (χ2v) is 7.25. The summed E-state index contributed by atoms with van der Waals surface area (Å²) in [6.45, 7) is 6.00. The van der Waals surface area contributed by atoms with Crippen molar-refractivity contribution in [1.29, 1.82) is 0 Å². The van der Waals surface area contributed by atoms with Crippen molar-refractivity contribution in [1.82, 2.24) is 4.72 Å². The SMILES string of the molecule is CC(C)CCC[C@H](C)NS(=O)(=O)c1ccccc1[N+](=O)[O-]. The molecule has 0 bridgehead atoms. The molecule has 0 heterocycles. The maximum absolute atomic E-state index is 12.2. The molecule has 21 heavy (non-hydrogen) atoms. The second kappa shape index (κ2) is 7.51. The summed E-state index contributed by atoms with van der Waals surface area (Å²) in [5.74, 6) is 0.573. The largest absolute Gasteiger partial charge is 0.289 e. The van der Waals surface area contributed by atoms with Gasteiger partial charge in [0.25, 0.3) is 5.69 Å². The van der Waals surface area contributed by atoms with Crippen LogP contribution < -0.4 is 4.72 Å². The third-order valence-corrected chi connectivity index (χ3v) is 4.76. The van der Waals surface area contributed by atoms with Crippen LogP contribution in [0.3, 0.4) is 0 Å². The van der Waals surface area contributed by atoms with Crippen LogP contribution in [0.4, 0.5) is 5.69 Å². The van der Waals surface area contributed by atoms with Crippen LogP contribution in [-0.2, 0) is 10.0 Å². The highest BCUT2D eigenvalue weighted by atomic mass is 32.2. The molecule has 0 saturated heterocycles. The summed E-state index contributed by atoms with van der Waals surface area (Å²) in [5, 5.41) is 10.9. The first-order valence-electron chi connectivity index (χ1n) is 6.99. The van der Waals surface area contributed by atoms with Crippen molar-refractivity contribution < 1.29 is 13.3 Å². The average Bonchev–Trinajstić information content (AvgIpc) is 2.37. The summed E-state index contributed by atoms with van der Waals surface area (Å²) in [6.07, 6.45) is 2.65. The molecule has 0 unspecified atom stereocenters. The number of nitrogens with one attached hydrogen (secondary N) is 1. The Hall–Kier alpha value is -1.47. The maximum atomic E-state index is 12.2. The Kier molecular flexibility index (Phi) is 6.29. The lowest BCUT2D eigenvalue weighted by molar-refractivity contribution is -0.387. The molecular weight excluding hydrogens is 292 g/mol. The summed E-state index contributed by atoms with van der Waals surface area (Å²) in [7, 11) is -3.88. The van der Waals surface area contributed by atoms with Crippen molar-refractivity contribution >= 4 is 15.7 Å². The molecule has 1 rings (SSSR count). The molecule has 1 aromatic carbocycles. The molecule has 0 aliphatic heterocycles. The molecule has 1 aromatic rings. The maximum Gasteiger partial charge on any atom is 0.289 e. The number of para-hydroxylation sites is 1. The summed E-state index contributed by atoms with van der Waals surface area (Å²) in [4.78, 5) is 9.95. The van der Waals surface area contributed by atoms with Gasteiger partial charge in [0.15, 0.2) is 4.90 Å². The van der Waals surface area contributed by atoms with E-state index >= 15 is 0 Å². The standard InChI is InChI=1S/C14H22N2O4S/c1-11(2)7-6-8-12(3)15-21(19,20)14-10-5-4-9-13(14)16(17)18/h4-5,9-12,15H,6-8H2,1-3H3/t12-/m0/s1. The Bertz CT molecular complexity index is 584. The quantitative estimate of drug-likeness (QED) is 0.590. The Morgan fingerprint density at radius 2 is 1.81 bits per heavy atom. The minimum Gasteiger partial charge on any atom is -0.258 e. The van der Waals surface area contributed by atoms with Crippen LogP contribution in [0, 0.1) is 16.0 Å². The van der Waals surface area contributed by atoms with Gasteiger partial charge in [-0.05, 0) is 25.3 Å². The monoisotopic (exact) mass is 314 g/mol. The fourth-order valence-electron chi connectivity index (χ4n) is 2.05. The first-order valence-corrected chi connectivity index (χ1v) is 8.48. The molecule has 0 saturated carbocycles. The number of hydrogen-bond donors (Lipinski definition) is 1.